The average molecular weight is 1070 g/mol. The number of nitrogens with one attached hydrogen (secondary N) is 1. The first-order valence-corrected chi connectivity index (χ1v) is 25.0. The van der Waals surface area contributed by atoms with Gasteiger partial charge in [0.1, 0.15) is 22.8 Å². The molecule has 0 unspecified atom stereocenters. The predicted molar refractivity (Wildman–Crippen MR) is 269 cm³/mol. The van der Waals surface area contributed by atoms with Crippen LogP contribution >= 0.6 is 0 Å². The second kappa shape index (κ2) is 33.9. The van der Waals surface area contributed by atoms with E-state index in [1.54, 1.807) is 24.3 Å². The van der Waals surface area contributed by atoms with Gasteiger partial charge in [-0.25, -0.2) is 9.97 Å². The molecule has 0 amide bonds. The van der Waals surface area contributed by atoms with Gasteiger partial charge in [-0.05, 0) is 130 Å². The number of aromatic nitrogens is 2. The maximum absolute atomic E-state index is 12.5. The number of nitrogens with two attached hydrogens (primary N) is 2. The van der Waals surface area contributed by atoms with E-state index >= 15 is 0 Å². The van der Waals surface area contributed by atoms with E-state index in [-0.39, 0.29) is 30.6 Å². The van der Waals surface area contributed by atoms with Crippen LogP contribution in [0.25, 0.3) is 43.8 Å². The summed E-state index contributed by atoms with van der Waals surface area (Å²) in [6.45, 7) is 7.83. The maximum atomic E-state index is 12.5. The number of hydrogen-bond acceptors (Lipinski definition) is 21. The standard InChI is InChI=1S/C23H25N3O2.C23H24N2O2.CH4.4O3S/c1-3-5-22(27)20-13-18(14-21(25-20)23(28)6-4-2)16-7-8-17-12-19(26-24)10-9-15(17)11-16;1-3-5-22(26)20-13-18(14-21(25-20)23(27)6-4-2)16-7-8-17-12-19(24)10-9-15(17)11-16;;4*1-4(2)3/h7-14,26H,3-6,24H2,1-2H3;7-14H,3-6,24H2,1-2H3;1H4;;;;. The van der Waals surface area contributed by atoms with Gasteiger partial charge in [0.2, 0.25) is 0 Å². The molecule has 6 aromatic rings. The summed E-state index contributed by atoms with van der Waals surface area (Å²) in [6, 6.07) is 30.9. The van der Waals surface area contributed by atoms with E-state index in [9.17, 15) is 19.2 Å². The molecule has 2 aromatic heterocycles. The van der Waals surface area contributed by atoms with Gasteiger partial charge in [0.25, 0.3) is 0 Å². The van der Waals surface area contributed by atoms with E-state index in [0.717, 1.165) is 80.9 Å². The van der Waals surface area contributed by atoms with Crippen molar-refractivity contribution >= 4 is 98.5 Å². The number of Topliss-reactive ketones (excluding diaryl/α,β-unsaturated/α-hetero) is 4. The van der Waals surface area contributed by atoms with Crippen LogP contribution in [0.2, 0.25) is 0 Å². The van der Waals surface area contributed by atoms with Crippen molar-refractivity contribution in [2.75, 3.05) is 11.2 Å². The van der Waals surface area contributed by atoms with Crippen LogP contribution in [-0.2, 0) is 42.4 Å². The topological polar surface area (TPSA) is 363 Å². The van der Waals surface area contributed by atoms with E-state index in [1.165, 1.54) is 0 Å². The highest BCUT2D eigenvalue weighted by Crippen LogP contribution is 2.29. The van der Waals surface area contributed by atoms with Crippen LogP contribution in [0.4, 0.5) is 11.4 Å². The van der Waals surface area contributed by atoms with E-state index < -0.39 is 42.4 Å². The fourth-order valence-corrected chi connectivity index (χ4v) is 6.35. The van der Waals surface area contributed by atoms with Crippen molar-refractivity contribution in [2.45, 2.75) is 86.5 Å². The highest BCUT2D eigenvalue weighted by Gasteiger charge is 2.17. The Labute approximate surface area is 421 Å². The van der Waals surface area contributed by atoms with Gasteiger partial charge in [0, 0.05) is 37.1 Å². The van der Waals surface area contributed by atoms with Gasteiger partial charge in [-0.2, -0.15) is 0 Å². The van der Waals surface area contributed by atoms with Crippen molar-refractivity contribution < 1.29 is 69.7 Å². The van der Waals surface area contributed by atoms with Crippen LogP contribution in [0.3, 0.4) is 0 Å². The SMILES string of the molecule is C.CCCC(=O)c1cc(-c2ccc3cc(N)ccc3c2)cc(C(=O)CCC)n1.CCCC(=O)c1cc(-c2ccc3cc(NN)ccc3c2)cc(C(=O)CCC)n1.O=S(=O)=O.O=S(=O)=O.O=S(=O)=O.O=S(=O)=O. The van der Waals surface area contributed by atoms with E-state index in [2.05, 4.69) is 15.4 Å². The van der Waals surface area contributed by atoms with E-state index in [4.69, 9.17) is 62.1 Å². The van der Waals surface area contributed by atoms with Gasteiger partial charge >= 0.3 is 42.4 Å². The zero-order chi connectivity index (χ0) is 53.8. The van der Waals surface area contributed by atoms with E-state index in [0.29, 0.717) is 48.5 Å². The van der Waals surface area contributed by atoms with Gasteiger partial charge in [-0.1, -0.05) is 71.5 Å². The number of nitrogens with zero attached hydrogens (tertiary/aromatic N) is 2. The summed E-state index contributed by atoms with van der Waals surface area (Å²) in [5.74, 6) is 5.36. The monoisotopic (exact) mass is 1070 g/mol. The highest BCUT2D eigenvalue weighted by atomic mass is 32.2. The number of fused-ring (bicyclic) bond motifs is 2. The minimum absolute atomic E-state index is 0. The molecule has 0 aliphatic heterocycles. The lowest BCUT2D eigenvalue weighted by atomic mass is 9.98. The largest absolute Gasteiger partial charge is 0.425 e. The normalized spacial score (nSPS) is 9.62. The lowest BCUT2D eigenvalue weighted by Crippen LogP contribution is -2.09. The molecule has 0 spiro atoms. The average Bonchev–Trinajstić information content (AvgIpc) is 3.30. The quantitative estimate of drug-likeness (QED) is 0.0395. The van der Waals surface area contributed by atoms with Crippen molar-refractivity contribution in [3.8, 4) is 22.3 Å². The molecule has 0 radical (unpaired) electrons. The molecule has 5 N–H and O–H groups in total. The summed E-state index contributed by atoms with van der Waals surface area (Å²) in [7, 11) is -12.4. The van der Waals surface area contributed by atoms with Crippen LogP contribution in [-0.4, -0.2) is 83.6 Å². The number of ketones is 4. The zero-order valence-corrected chi connectivity index (χ0v) is 41.9. The Morgan fingerprint density at radius 3 is 0.958 bits per heavy atom. The first-order valence-electron chi connectivity index (χ1n) is 21.0. The fourth-order valence-electron chi connectivity index (χ4n) is 6.35. The van der Waals surface area contributed by atoms with Crippen molar-refractivity contribution in [3.63, 3.8) is 0 Å². The summed E-state index contributed by atoms with van der Waals surface area (Å²) in [5.41, 5.74) is 15.1. The third-order valence-electron chi connectivity index (χ3n) is 9.24. The molecule has 0 atom stereocenters. The molecule has 0 fully saturated rings. The molecule has 21 nitrogen and oxygen atoms in total. The second-order valence-electron chi connectivity index (χ2n) is 14.5. The van der Waals surface area contributed by atoms with Crippen LogP contribution in [0.1, 0.15) is 128 Å². The molecule has 4 aromatic carbocycles. The van der Waals surface area contributed by atoms with Gasteiger partial charge in [-0.15, -0.1) is 50.5 Å². The summed E-state index contributed by atoms with van der Waals surface area (Å²) in [5, 5.41) is 4.22. The Morgan fingerprint density at radius 1 is 0.403 bits per heavy atom. The zero-order valence-electron chi connectivity index (χ0n) is 38.6. The number of benzene rings is 4. The smallest absolute Gasteiger partial charge is 0.399 e. The van der Waals surface area contributed by atoms with Gasteiger partial charge in [0.05, 0.1) is 0 Å². The number of carbonyl (C=O) groups is 4. The Bertz CT molecular complexity index is 3130. The first kappa shape index (κ1) is 64.4. The molecule has 0 saturated carbocycles. The van der Waals surface area contributed by atoms with Gasteiger partial charge in [0.15, 0.2) is 23.1 Å². The predicted octanol–water partition coefficient (Wildman–Crippen LogP) is 7.22. The lowest BCUT2D eigenvalue weighted by Gasteiger charge is -2.10. The Morgan fingerprint density at radius 2 is 0.667 bits per heavy atom. The lowest BCUT2D eigenvalue weighted by molar-refractivity contribution is 0.0957. The van der Waals surface area contributed by atoms with Crippen molar-refractivity contribution in [1.82, 2.24) is 9.97 Å². The molecule has 0 aliphatic carbocycles. The molecule has 25 heteroatoms. The van der Waals surface area contributed by atoms with Crippen LogP contribution in [0.15, 0.2) is 97.1 Å². The Hall–Kier alpha value is -7.58. The molecule has 0 saturated heterocycles. The minimum atomic E-state index is -3.11. The number of rotatable bonds is 15. The van der Waals surface area contributed by atoms with Crippen molar-refractivity contribution in [3.05, 3.63) is 120 Å². The third-order valence-corrected chi connectivity index (χ3v) is 9.24. The summed E-state index contributed by atoms with van der Waals surface area (Å²) < 4.78 is 101. The molecule has 2 heterocycles. The number of hydrazine groups is 1. The second-order valence-corrected chi connectivity index (χ2v) is 16.1. The van der Waals surface area contributed by atoms with Crippen LogP contribution in [0.5, 0.6) is 0 Å². The Kier molecular flexibility index (Phi) is 30.3. The maximum Gasteiger partial charge on any atom is 0.425 e. The fraction of sp³-hybridized carbons (Fsp3) is 0.277. The summed E-state index contributed by atoms with van der Waals surface area (Å²) in [6.07, 6.45) is 4.69. The molecule has 6 rings (SSSR count). The molecular formula is C47H53N5O16S4. The summed E-state index contributed by atoms with van der Waals surface area (Å²) >= 11 is 0. The van der Waals surface area contributed by atoms with E-state index in [1.807, 2.05) is 100 Å². The molecule has 386 valence electrons. The number of nitrogen functional groups attached to an aromatic ring is 2. The molecule has 0 aliphatic rings. The van der Waals surface area contributed by atoms with Gasteiger partial charge < -0.3 is 11.2 Å². The summed E-state index contributed by atoms with van der Waals surface area (Å²) in [4.78, 5) is 58.5. The van der Waals surface area contributed by atoms with Crippen molar-refractivity contribution in [2.24, 2.45) is 5.84 Å². The third kappa shape index (κ3) is 24.3. The van der Waals surface area contributed by atoms with Gasteiger partial charge in [-0.3, -0.25) is 25.0 Å². The van der Waals surface area contributed by atoms with Crippen LogP contribution < -0.4 is 17.0 Å². The van der Waals surface area contributed by atoms with Crippen molar-refractivity contribution in [1.29, 1.82) is 0 Å². The number of hydrogen-bond donors (Lipinski definition) is 3. The number of carbonyl (C=O) groups excluding carboxylic acids is 4. The number of pyridine rings is 2. The number of anilines is 2. The first-order chi connectivity index (χ1) is 33.5. The Balaban J connectivity index is 0.00000107. The molecule has 0 bridgehead atoms. The van der Waals surface area contributed by atoms with Crippen LogP contribution in [0, 0.1) is 0 Å². The minimum Gasteiger partial charge on any atom is -0.399 e. The highest BCUT2D eigenvalue weighted by molar-refractivity contribution is 7.59. The molecule has 72 heavy (non-hydrogen) atoms. The molecular weight excluding hydrogens is 1020 g/mol.